The molecule has 0 fully saturated rings. The first-order valence-electron chi connectivity index (χ1n) is 8.62. The quantitative estimate of drug-likeness (QED) is 0.706. The average molecular weight is 324 g/mol. The number of unbranched alkanes of at least 4 members (excludes halogenated alkanes) is 1. The lowest BCUT2D eigenvalue weighted by atomic mass is 10.1. The molecule has 132 valence electrons. The molecule has 1 rings (SSSR count). The predicted molar refractivity (Wildman–Crippen MR) is 92.4 cm³/mol. The molecule has 2 N–H and O–H groups in total. The van der Waals surface area contributed by atoms with Crippen LogP contribution in [0.3, 0.4) is 0 Å². The number of carbonyl (C=O) groups is 1. The molecule has 1 heterocycles. The van der Waals surface area contributed by atoms with Crippen molar-refractivity contribution in [2.24, 2.45) is 0 Å². The number of furan rings is 1. The number of ether oxygens (including phenoxy) is 1. The Bertz CT molecular complexity index is 438. The molecule has 1 aromatic rings. The van der Waals surface area contributed by atoms with Crippen molar-refractivity contribution >= 4 is 6.09 Å². The summed E-state index contributed by atoms with van der Waals surface area (Å²) < 4.78 is 10.8. The monoisotopic (exact) mass is 324 g/mol. The molecular weight excluding hydrogens is 292 g/mol. The Morgan fingerprint density at radius 3 is 2.61 bits per heavy atom. The fourth-order valence-electron chi connectivity index (χ4n) is 2.39. The molecule has 1 amide bonds. The van der Waals surface area contributed by atoms with Gasteiger partial charge in [0.05, 0.1) is 12.3 Å². The van der Waals surface area contributed by atoms with E-state index >= 15 is 0 Å². The number of hydrogen-bond acceptors (Lipinski definition) is 4. The molecule has 2 atom stereocenters. The summed E-state index contributed by atoms with van der Waals surface area (Å²) in [6.07, 6.45) is 5.50. The van der Waals surface area contributed by atoms with Gasteiger partial charge in [-0.3, -0.25) is 0 Å². The third-order valence-electron chi connectivity index (χ3n) is 3.53. The summed E-state index contributed by atoms with van der Waals surface area (Å²) >= 11 is 0. The van der Waals surface area contributed by atoms with Gasteiger partial charge in [-0.05, 0) is 45.7 Å². The average Bonchev–Trinajstić information content (AvgIpc) is 2.98. The maximum atomic E-state index is 11.8. The number of nitrogens with one attached hydrogen (secondary N) is 2. The second kappa shape index (κ2) is 9.60. The van der Waals surface area contributed by atoms with E-state index < -0.39 is 5.60 Å². The maximum absolute atomic E-state index is 11.8. The Morgan fingerprint density at radius 2 is 2.09 bits per heavy atom. The largest absolute Gasteiger partial charge is 0.468 e. The molecule has 23 heavy (non-hydrogen) atoms. The van der Waals surface area contributed by atoms with Crippen LogP contribution >= 0.6 is 0 Å². The summed E-state index contributed by atoms with van der Waals surface area (Å²) in [7, 11) is 0. The van der Waals surface area contributed by atoms with Crippen molar-refractivity contribution in [3.8, 4) is 0 Å². The highest BCUT2D eigenvalue weighted by molar-refractivity contribution is 5.67. The van der Waals surface area contributed by atoms with Gasteiger partial charge in [0.1, 0.15) is 11.4 Å². The van der Waals surface area contributed by atoms with Crippen molar-refractivity contribution in [3.63, 3.8) is 0 Å². The first kappa shape index (κ1) is 19.6. The number of alkyl carbamates (subject to hydrolysis) is 1. The summed E-state index contributed by atoms with van der Waals surface area (Å²) in [6, 6.07) is 4.24. The number of rotatable bonds is 9. The summed E-state index contributed by atoms with van der Waals surface area (Å²) in [6.45, 7) is 10.4. The van der Waals surface area contributed by atoms with Crippen molar-refractivity contribution in [2.75, 3.05) is 6.54 Å². The summed E-state index contributed by atoms with van der Waals surface area (Å²) in [5, 5.41) is 6.46. The fourth-order valence-corrected chi connectivity index (χ4v) is 2.39. The van der Waals surface area contributed by atoms with E-state index in [0.717, 1.165) is 31.4 Å². The summed E-state index contributed by atoms with van der Waals surface area (Å²) in [4.78, 5) is 11.8. The van der Waals surface area contributed by atoms with Crippen LogP contribution in [0, 0.1) is 0 Å². The molecule has 5 heteroatoms. The number of carbonyl (C=O) groups excluding carboxylic acids is 1. The van der Waals surface area contributed by atoms with E-state index in [1.54, 1.807) is 6.26 Å². The molecule has 0 aliphatic carbocycles. The molecule has 0 bridgehead atoms. The lowest BCUT2D eigenvalue weighted by Gasteiger charge is -2.25. The lowest BCUT2D eigenvalue weighted by Crippen LogP contribution is -2.43. The zero-order valence-corrected chi connectivity index (χ0v) is 15.1. The van der Waals surface area contributed by atoms with Crippen LogP contribution in [0.4, 0.5) is 4.79 Å². The molecule has 1 aromatic heterocycles. The van der Waals surface area contributed by atoms with Crippen LogP contribution in [-0.4, -0.2) is 24.3 Å². The van der Waals surface area contributed by atoms with Crippen LogP contribution in [0.5, 0.6) is 0 Å². The predicted octanol–water partition coefficient (Wildman–Crippen LogP) is 4.40. The molecule has 0 saturated carbocycles. The van der Waals surface area contributed by atoms with Crippen LogP contribution in [0.1, 0.15) is 72.1 Å². The molecule has 0 aliphatic heterocycles. The Morgan fingerprint density at radius 1 is 1.35 bits per heavy atom. The molecule has 2 unspecified atom stereocenters. The molecule has 0 radical (unpaired) electrons. The Kier molecular flexibility index (Phi) is 8.17. The van der Waals surface area contributed by atoms with Gasteiger partial charge in [0.2, 0.25) is 0 Å². The number of amides is 1. The fraction of sp³-hybridized carbons (Fsp3) is 0.722. The van der Waals surface area contributed by atoms with Crippen molar-refractivity contribution in [1.82, 2.24) is 10.6 Å². The van der Waals surface area contributed by atoms with Gasteiger partial charge in [0.15, 0.2) is 0 Å². The zero-order chi connectivity index (χ0) is 17.3. The van der Waals surface area contributed by atoms with E-state index in [0.29, 0.717) is 6.54 Å². The van der Waals surface area contributed by atoms with Crippen LogP contribution in [0.15, 0.2) is 22.8 Å². The molecule has 0 aromatic carbocycles. The highest BCUT2D eigenvalue weighted by atomic mass is 16.6. The molecule has 0 saturated heterocycles. The van der Waals surface area contributed by atoms with Crippen molar-refractivity contribution in [1.29, 1.82) is 0 Å². The Hall–Kier alpha value is -1.49. The van der Waals surface area contributed by atoms with Gasteiger partial charge in [-0.25, -0.2) is 4.79 Å². The van der Waals surface area contributed by atoms with Crippen molar-refractivity contribution < 1.29 is 13.9 Å². The maximum Gasteiger partial charge on any atom is 0.407 e. The standard InChI is InChI=1S/C18H32N2O3/c1-6-8-10-14(13-19-17(21)23-18(3,4)5)20-15(7-2)16-11-9-12-22-16/h9,11-12,14-15,20H,6-8,10,13H2,1-5H3,(H,19,21). The molecule has 0 aliphatic rings. The van der Waals surface area contributed by atoms with E-state index in [-0.39, 0.29) is 18.2 Å². The highest BCUT2D eigenvalue weighted by Gasteiger charge is 2.20. The van der Waals surface area contributed by atoms with E-state index in [9.17, 15) is 4.79 Å². The van der Waals surface area contributed by atoms with Crippen LogP contribution in [-0.2, 0) is 4.74 Å². The van der Waals surface area contributed by atoms with Crippen LogP contribution in [0.25, 0.3) is 0 Å². The van der Waals surface area contributed by atoms with E-state index in [1.807, 2.05) is 32.9 Å². The zero-order valence-electron chi connectivity index (χ0n) is 15.1. The number of hydrogen-bond donors (Lipinski definition) is 2. The highest BCUT2D eigenvalue weighted by Crippen LogP contribution is 2.18. The second-order valence-electron chi connectivity index (χ2n) is 6.86. The van der Waals surface area contributed by atoms with Gasteiger partial charge >= 0.3 is 6.09 Å². The van der Waals surface area contributed by atoms with Crippen LogP contribution < -0.4 is 10.6 Å². The molecular formula is C18H32N2O3. The first-order valence-corrected chi connectivity index (χ1v) is 8.62. The van der Waals surface area contributed by atoms with Gasteiger partial charge in [-0.1, -0.05) is 26.7 Å². The van der Waals surface area contributed by atoms with E-state index in [4.69, 9.17) is 9.15 Å². The van der Waals surface area contributed by atoms with Gasteiger partial charge in [-0.2, -0.15) is 0 Å². The SMILES string of the molecule is CCCCC(CNC(=O)OC(C)(C)C)NC(CC)c1ccco1. The van der Waals surface area contributed by atoms with Crippen molar-refractivity contribution in [2.45, 2.75) is 78.0 Å². The van der Waals surface area contributed by atoms with E-state index in [1.165, 1.54) is 0 Å². The molecule has 0 spiro atoms. The summed E-state index contributed by atoms with van der Waals surface area (Å²) in [5.41, 5.74) is -0.476. The normalized spacial score (nSPS) is 14.3. The van der Waals surface area contributed by atoms with Gasteiger partial charge in [0.25, 0.3) is 0 Å². The van der Waals surface area contributed by atoms with E-state index in [2.05, 4.69) is 24.5 Å². The van der Waals surface area contributed by atoms with Crippen molar-refractivity contribution in [3.05, 3.63) is 24.2 Å². The smallest absolute Gasteiger partial charge is 0.407 e. The minimum Gasteiger partial charge on any atom is -0.468 e. The minimum atomic E-state index is -0.476. The second-order valence-corrected chi connectivity index (χ2v) is 6.86. The van der Waals surface area contributed by atoms with Gasteiger partial charge in [0, 0.05) is 12.6 Å². The van der Waals surface area contributed by atoms with Gasteiger partial charge < -0.3 is 19.8 Å². The third-order valence-corrected chi connectivity index (χ3v) is 3.53. The Balaban J connectivity index is 2.56. The minimum absolute atomic E-state index is 0.160. The topological polar surface area (TPSA) is 63.5 Å². The lowest BCUT2D eigenvalue weighted by molar-refractivity contribution is 0.0520. The Labute approximate surface area is 140 Å². The third kappa shape index (κ3) is 8.07. The van der Waals surface area contributed by atoms with Crippen LogP contribution in [0.2, 0.25) is 0 Å². The van der Waals surface area contributed by atoms with Gasteiger partial charge in [-0.15, -0.1) is 0 Å². The first-order chi connectivity index (χ1) is 10.9. The summed E-state index contributed by atoms with van der Waals surface area (Å²) in [5.74, 6) is 0.936. The molecule has 5 nitrogen and oxygen atoms in total.